The maximum absolute atomic E-state index is 11.6. The Kier molecular flexibility index (Phi) is 4.06. The molecule has 5 nitrogen and oxygen atoms in total. The number of nitrogens with zero attached hydrogens (tertiary/aromatic N) is 1. The highest BCUT2D eigenvalue weighted by molar-refractivity contribution is 6.33. The fourth-order valence-electron chi connectivity index (χ4n) is 3.04. The molecule has 0 saturated carbocycles. The minimum atomic E-state index is -0.616. The third kappa shape index (κ3) is 2.73. The van der Waals surface area contributed by atoms with E-state index in [4.69, 9.17) is 22.1 Å². The number of nitrogens with two attached hydrogens (primary N) is 1. The van der Waals surface area contributed by atoms with Gasteiger partial charge in [-0.3, -0.25) is 4.79 Å². The van der Waals surface area contributed by atoms with Crippen LogP contribution in [0.3, 0.4) is 0 Å². The van der Waals surface area contributed by atoms with Gasteiger partial charge in [0.05, 0.1) is 16.8 Å². The number of carbonyl (C=O) groups excluding carboxylic acids is 1. The molecule has 0 spiro atoms. The number of hydrogen-bond donors (Lipinski definition) is 2. The summed E-state index contributed by atoms with van der Waals surface area (Å²) in [7, 11) is 0. The lowest BCUT2D eigenvalue weighted by Crippen LogP contribution is -2.37. The lowest BCUT2D eigenvalue weighted by Gasteiger charge is -2.34. The fraction of sp³-hybridized carbons (Fsp3) is 0.533. The van der Waals surface area contributed by atoms with Gasteiger partial charge in [0.2, 0.25) is 5.91 Å². The van der Waals surface area contributed by atoms with Crippen molar-refractivity contribution in [1.82, 2.24) is 0 Å². The third-order valence-electron chi connectivity index (χ3n) is 4.18. The van der Waals surface area contributed by atoms with Crippen LogP contribution >= 0.6 is 11.6 Å². The molecule has 2 aliphatic rings. The van der Waals surface area contributed by atoms with Crippen LogP contribution in [-0.2, 0) is 9.53 Å². The average Bonchev–Trinajstić information content (AvgIpc) is 2.75. The van der Waals surface area contributed by atoms with E-state index < -0.39 is 6.04 Å². The molecule has 114 valence electrons. The van der Waals surface area contributed by atoms with Crippen LogP contribution in [0.25, 0.3) is 0 Å². The SMILES string of the molecule is CCOC1CCN(c2cc3c(cc2Cl)C(N)C(=O)N3)CC1. The van der Waals surface area contributed by atoms with Crippen molar-refractivity contribution < 1.29 is 9.53 Å². The first kappa shape index (κ1) is 14.6. The van der Waals surface area contributed by atoms with Crippen LogP contribution in [-0.4, -0.2) is 31.7 Å². The molecule has 3 N–H and O–H groups in total. The van der Waals surface area contributed by atoms with Crippen molar-refractivity contribution in [3.8, 4) is 0 Å². The summed E-state index contributed by atoms with van der Waals surface area (Å²) in [5, 5.41) is 3.46. The van der Waals surface area contributed by atoms with Gasteiger partial charge in [0.15, 0.2) is 0 Å². The van der Waals surface area contributed by atoms with E-state index in [0.29, 0.717) is 11.1 Å². The van der Waals surface area contributed by atoms with E-state index in [-0.39, 0.29) is 5.91 Å². The molecular formula is C15H20ClN3O2. The van der Waals surface area contributed by atoms with Gasteiger partial charge >= 0.3 is 0 Å². The summed E-state index contributed by atoms with van der Waals surface area (Å²) in [6, 6.07) is 3.13. The molecule has 2 heterocycles. The monoisotopic (exact) mass is 309 g/mol. The van der Waals surface area contributed by atoms with Gasteiger partial charge in [-0.25, -0.2) is 0 Å². The molecule has 1 amide bonds. The zero-order valence-corrected chi connectivity index (χ0v) is 12.8. The van der Waals surface area contributed by atoms with Crippen LogP contribution in [0.4, 0.5) is 11.4 Å². The fourth-order valence-corrected chi connectivity index (χ4v) is 3.33. The second-order valence-corrected chi connectivity index (χ2v) is 5.91. The molecule has 0 aromatic heterocycles. The normalized spacial score (nSPS) is 22.3. The number of fused-ring (bicyclic) bond motifs is 1. The van der Waals surface area contributed by atoms with Gasteiger partial charge in [-0.1, -0.05) is 11.6 Å². The molecule has 1 fully saturated rings. The molecule has 6 heteroatoms. The zero-order chi connectivity index (χ0) is 15.0. The first-order chi connectivity index (χ1) is 10.1. The topological polar surface area (TPSA) is 67.6 Å². The number of halogens is 1. The number of hydrogen-bond acceptors (Lipinski definition) is 4. The Hall–Kier alpha value is -1.30. The van der Waals surface area contributed by atoms with Crippen molar-refractivity contribution in [2.45, 2.75) is 31.9 Å². The Balaban J connectivity index is 1.78. The average molecular weight is 310 g/mol. The molecule has 0 aliphatic carbocycles. The van der Waals surface area contributed by atoms with E-state index in [1.165, 1.54) is 0 Å². The van der Waals surface area contributed by atoms with Gasteiger partial charge in [0.1, 0.15) is 6.04 Å². The number of nitrogens with one attached hydrogen (secondary N) is 1. The summed E-state index contributed by atoms with van der Waals surface area (Å²) in [5.41, 5.74) is 8.35. The van der Waals surface area contributed by atoms with Crippen molar-refractivity contribution in [2.75, 3.05) is 29.9 Å². The van der Waals surface area contributed by atoms with E-state index in [2.05, 4.69) is 10.2 Å². The standard InChI is InChI=1S/C15H20ClN3O2/c1-2-21-9-3-5-19(6-4-9)13-8-12-10(7-11(13)16)14(17)15(20)18-12/h7-9,14H,2-6,17H2,1H3,(H,18,20). The number of benzene rings is 1. The van der Waals surface area contributed by atoms with Crippen molar-refractivity contribution in [3.05, 3.63) is 22.7 Å². The van der Waals surface area contributed by atoms with E-state index in [1.807, 2.05) is 19.1 Å². The molecule has 1 unspecified atom stereocenters. The van der Waals surface area contributed by atoms with Crippen molar-refractivity contribution in [2.24, 2.45) is 5.73 Å². The molecule has 0 bridgehead atoms. The summed E-state index contributed by atoms with van der Waals surface area (Å²) in [6.07, 6.45) is 2.33. The molecular weight excluding hydrogens is 290 g/mol. The Morgan fingerprint density at radius 1 is 1.43 bits per heavy atom. The van der Waals surface area contributed by atoms with E-state index in [0.717, 1.165) is 49.5 Å². The van der Waals surface area contributed by atoms with Gasteiger partial charge in [0.25, 0.3) is 0 Å². The number of amides is 1. The highest BCUT2D eigenvalue weighted by Crippen LogP contribution is 2.38. The third-order valence-corrected chi connectivity index (χ3v) is 4.48. The Bertz CT molecular complexity index is 556. The van der Waals surface area contributed by atoms with Gasteiger partial charge < -0.3 is 20.7 Å². The van der Waals surface area contributed by atoms with Crippen molar-refractivity contribution in [1.29, 1.82) is 0 Å². The van der Waals surface area contributed by atoms with Crippen LogP contribution < -0.4 is 16.0 Å². The second kappa shape index (κ2) is 5.83. The van der Waals surface area contributed by atoms with E-state index in [1.54, 1.807) is 0 Å². The molecule has 21 heavy (non-hydrogen) atoms. The quantitative estimate of drug-likeness (QED) is 0.899. The Morgan fingerprint density at radius 3 is 2.81 bits per heavy atom. The van der Waals surface area contributed by atoms with Crippen LogP contribution in [0, 0.1) is 0 Å². The van der Waals surface area contributed by atoms with E-state index >= 15 is 0 Å². The van der Waals surface area contributed by atoms with Gasteiger partial charge in [-0.05, 0) is 31.9 Å². The Labute approximate surface area is 129 Å². The number of anilines is 2. The predicted molar refractivity (Wildman–Crippen MR) is 83.9 cm³/mol. The lowest BCUT2D eigenvalue weighted by atomic mass is 10.0. The van der Waals surface area contributed by atoms with Gasteiger partial charge in [0, 0.05) is 30.9 Å². The summed E-state index contributed by atoms with van der Waals surface area (Å²) in [6.45, 7) is 4.59. The largest absolute Gasteiger partial charge is 0.378 e. The zero-order valence-electron chi connectivity index (χ0n) is 12.1. The van der Waals surface area contributed by atoms with Crippen LogP contribution in [0.15, 0.2) is 12.1 Å². The van der Waals surface area contributed by atoms with Gasteiger partial charge in [-0.15, -0.1) is 0 Å². The summed E-state index contributed by atoms with van der Waals surface area (Å²) in [4.78, 5) is 13.9. The van der Waals surface area contributed by atoms with Crippen LogP contribution in [0.2, 0.25) is 5.02 Å². The minimum Gasteiger partial charge on any atom is -0.378 e. The van der Waals surface area contributed by atoms with Crippen LogP contribution in [0.5, 0.6) is 0 Å². The molecule has 1 atom stereocenters. The predicted octanol–water partition coefficient (Wildman–Crippen LogP) is 2.30. The number of carbonyl (C=O) groups is 1. The maximum atomic E-state index is 11.6. The highest BCUT2D eigenvalue weighted by atomic mass is 35.5. The summed E-state index contributed by atoms with van der Waals surface area (Å²) < 4.78 is 5.67. The molecule has 2 aliphatic heterocycles. The number of piperidine rings is 1. The first-order valence-electron chi connectivity index (χ1n) is 7.36. The smallest absolute Gasteiger partial charge is 0.245 e. The first-order valence-corrected chi connectivity index (χ1v) is 7.74. The van der Waals surface area contributed by atoms with Crippen molar-refractivity contribution in [3.63, 3.8) is 0 Å². The number of ether oxygens (including phenoxy) is 1. The lowest BCUT2D eigenvalue weighted by molar-refractivity contribution is -0.116. The minimum absolute atomic E-state index is 0.173. The molecule has 0 radical (unpaired) electrons. The summed E-state index contributed by atoms with van der Waals surface area (Å²) in [5.74, 6) is -0.173. The molecule has 3 rings (SSSR count). The summed E-state index contributed by atoms with van der Waals surface area (Å²) >= 11 is 6.38. The number of rotatable bonds is 3. The van der Waals surface area contributed by atoms with Crippen molar-refractivity contribution >= 4 is 28.9 Å². The second-order valence-electron chi connectivity index (χ2n) is 5.50. The molecule has 1 aromatic rings. The molecule has 1 saturated heterocycles. The van der Waals surface area contributed by atoms with Gasteiger partial charge in [-0.2, -0.15) is 0 Å². The van der Waals surface area contributed by atoms with Crippen LogP contribution in [0.1, 0.15) is 31.4 Å². The Morgan fingerprint density at radius 2 is 2.14 bits per heavy atom. The molecule has 1 aromatic carbocycles. The van der Waals surface area contributed by atoms with E-state index in [9.17, 15) is 4.79 Å². The maximum Gasteiger partial charge on any atom is 0.245 e. The highest BCUT2D eigenvalue weighted by Gasteiger charge is 2.30.